The second-order valence-electron chi connectivity index (χ2n) is 6.70. The van der Waals surface area contributed by atoms with Gasteiger partial charge in [-0.3, -0.25) is 0 Å². The van der Waals surface area contributed by atoms with E-state index < -0.39 is 0 Å². The van der Waals surface area contributed by atoms with Gasteiger partial charge in [-0.25, -0.2) is 4.98 Å². The zero-order valence-electron chi connectivity index (χ0n) is 14.1. The fourth-order valence-corrected chi connectivity index (χ4v) is 2.35. The monoisotopic (exact) mass is 294 g/mol. The van der Waals surface area contributed by atoms with Gasteiger partial charge in [0, 0.05) is 5.69 Å². The van der Waals surface area contributed by atoms with E-state index >= 15 is 0 Å². The quantitative estimate of drug-likeness (QED) is 0.785. The zero-order valence-corrected chi connectivity index (χ0v) is 14.1. The van der Waals surface area contributed by atoms with Gasteiger partial charge >= 0.3 is 0 Å². The molecule has 1 aromatic heterocycles. The highest BCUT2D eigenvalue weighted by Gasteiger charge is 2.16. The van der Waals surface area contributed by atoms with Crippen LogP contribution in [0.1, 0.15) is 48.7 Å². The fraction of sp³-hybridized carbons (Fsp3) is 0.368. The van der Waals surface area contributed by atoms with Gasteiger partial charge in [0.2, 0.25) is 5.88 Å². The van der Waals surface area contributed by atoms with Gasteiger partial charge in [0.25, 0.3) is 0 Å². The van der Waals surface area contributed by atoms with Crippen molar-refractivity contribution >= 4 is 0 Å². The SMILES string of the molecule is Cc1cc(C)c(C#N)c(Oc2ccc(C(C)(C)C)cc2C)n1. The number of ether oxygens (including phenoxy) is 1. The Morgan fingerprint density at radius 2 is 1.73 bits per heavy atom. The third-order valence-corrected chi connectivity index (χ3v) is 3.67. The third-order valence-electron chi connectivity index (χ3n) is 3.67. The van der Waals surface area contributed by atoms with E-state index in [4.69, 9.17) is 4.74 Å². The Morgan fingerprint density at radius 1 is 1.05 bits per heavy atom. The van der Waals surface area contributed by atoms with Crippen molar-refractivity contribution in [3.63, 3.8) is 0 Å². The van der Waals surface area contributed by atoms with Crippen LogP contribution in [0.5, 0.6) is 11.6 Å². The summed E-state index contributed by atoms with van der Waals surface area (Å²) in [5, 5.41) is 9.32. The van der Waals surface area contributed by atoms with Crippen LogP contribution in [0, 0.1) is 32.1 Å². The maximum atomic E-state index is 9.32. The van der Waals surface area contributed by atoms with E-state index in [1.54, 1.807) is 0 Å². The summed E-state index contributed by atoms with van der Waals surface area (Å²) in [6, 6.07) is 10.2. The Hall–Kier alpha value is -2.34. The van der Waals surface area contributed by atoms with Crippen molar-refractivity contribution in [1.29, 1.82) is 5.26 Å². The standard InChI is InChI=1S/C19H22N2O/c1-12-9-14(3)21-18(16(12)11-20)22-17-8-7-15(10-13(17)2)19(4,5)6/h7-10H,1-6H3. The number of pyridine rings is 1. The Kier molecular flexibility index (Phi) is 4.23. The molecule has 3 nitrogen and oxygen atoms in total. The van der Waals surface area contributed by atoms with Crippen LogP contribution >= 0.6 is 0 Å². The Morgan fingerprint density at radius 3 is 2.27 bits per heavy atom. The Bertz CT molecular complexity index is 749. The number of hydrogen-bond donors (Lipinski definition) is 0. The highest BCUT2D eigenvalue weighted by atomic mass is 16.5. The van der Waals surface area contributed by atoms with Crippen LogP contribution in [0.25, 0.3) is 0 Å². The summed E-state index contributed by atoms with van der Waals surface area (Å²) in [7, 11) is 0. The smallest absolute Gasteiger partial charge is 0.237 e. The lowest BCUT2D eigenvalue weighted by Crippen LogP contribution is -2.11. The molecule has 114 valence electrons. The number of aromatic nitrogens is 1. The van der Waals surface area contributed by atoms with Crippen molar-refractivity contribution in [2.45, 2.75) is 47.0 Å². The van der Waals surface area contributed by atoms with E-state index in [0.29, 0.717) is 11.4 Å². The van der Waals surface area contributed by atoms with Gasteiger partial charge in [-0.2, -0.15) is 5.26 Å². The van der Waals surface area contributed by atoms with E-state index in [1.807, 2.05) is 32.9 Å². The van der Waals surface area contributed by atoms with Crippen LogP contribution in [0.15, 0.2) is 24.3 Å². The molecule has 0 aliphatic rings. The summed E-state index contributed by atoms with van der Waals surface area (Å²) in [5.41, 5.74) is 4.61. The maximum Gasteiger partial charge on any atom is 0.237 e. The summed E-state index contributed by atoms with van der Waals surface area (Å²) >= 11 is 0. The first-order valence-electron chi connectivity index (χ1n) is 7.39. The minimum absolute atomic E-state index is 0.0965. The second kappa shape index (κ2) is 5.81. The van der Waals surface area contributed by atoms with Gasteiger partial charge in [-0.1, -0.05) is 32.9 Å². The lowest BCUT2D eigenvalue weighted by molar-refractivity contribution is 0.455. The van der Waals surface area contributed by atoms with Crippen molar-refractivity contribution in [2.24, 2.45) is 0 Å². The molecule has 0 saturated carbocycles. The normalized spacial score (nSPS) is 11.1. The summed E-state index contributed by atoms with van der Waals surface area (Å²) in [4.78, 5) is 4.37. The molecule has 0 fully saturated rings. The van der Waals surface area contributed by atoms with E-state index in [0.717, 1.165) is 22.6 Å². The van der Waals surface area contributed by atoms with Gasteiger partial charge in [-0.15, -0.1) is 0 Å². The molecule has 2 aromatic rings. The topological polar surface area (TPSA) is 45.9 Å². The molecule has 0 atom stereocenters. The van der Waals surface area contributed by atoms with E-state index in [-0.39, 0.29) is 5.41 Å². The van der Waals surface area contributed by atoms with Crippen molar-refractivity contribution < 1.29 is 4.74 Å². The van der Waals surface area contributed by atoms with Crippen LogP contribution < -0.4 is 4.74 Å². The zero-order chi connectivity index (χ0) is 16.5. The van der Waals surface area contributed by atoms with E-state index in [9.17, 15) is 5.26 Å². The predicted octanol–water partition coefficient (Wildman–Crippen LogP) is 4.97. The summed E-state index contributed by atoms with van der Waals surface area (Å²) in [5.74, 6) is 1.12. The van der Waals surface area contributed by atoms with Crippen LogP contribution in [0.3, 0.4) is 0 Å². The summed E-state index contributed by atoms with van der Waals surface area (Å²) < 4.78 is 5.93. The molecular formula is C19H22N2O. The summed E-state index contributed by atoms with van der Waals surface area (Å²) in [6.07, 6.45) is 0. The van der Waals surface area contributed by atoms with Crippen molar-refractivity contribution in [3.8, 4) is 17.7 Å². The van der Waals surface area contributed by atoms with Crippen LogP contribution in [0.2, 0.25) is 0 Å². The van der Waals surface area contributed by atoms with Crippen LogP contribution in [0.4, 0.5) is 0 Å². The Balaban J connectivity index is 2.43. The molecule has 0 N–H and O–H groups in total. The van der Waals surface area contributed by atoms with Crippen molar-refractivity contribution in [2.75, 3.05) is 0 Å². The highest BCUT2D eigenvalue weighted by Crippen LogP contribution is 2.31. The maximum absolute atomic E-state index is 9.32. The van der Waals surface area contributed by atoms with Gasteiger partial charge < -0.3 is 4.74 Å². The van der Waals surface area contributed by atoms with Gasteiger partial charge in [0.15, 0.2) is 0 Å². The van der Waals surface area contributed by atoms with E-state index in [1.165, 1.54) is 5.56 Å². The molecular weight excluding hydrogens is 272 g/mol. The van der Waals surface area contributed by atoms with Crippen LogP contribution in [-0.4, -0.2) is 4.98 Å². The minimum atomic E-state index is 0.0965. The van der Waals surface area contributed by atoms with Gasteiger partial charge in [0.1, 0.15) is 17.4 Å². The molecule has 0 amide bonds. The van der Waals surface area contributed by atoms with Crippen molar-refractivity contribution in [3.05, 3.63) is 52.2 Å². The summed E-state index contributed by atoms with van der Waals surface area (Å²) in [6.45, 7) is 12.4. The molecule has 0 saturated heterocycles. The molecule has 2 rings (SSSR count). The molecule has 0 bridgehead atoms. The molecule has 0 spiro atoms. The van der Waals surface area contributed by atoms with Crippen molar-refractivity contribution in [1.82, 2.24) is 4.98 Å². The molecule has 1 aromatic carbocycles. The molecule has 0 unspecified atom stereocenters. The minimum Gasteiger partial charge on any atom is -0.437 e. The number of rotatable bonds is 2. The Labute approximate surface area is 132 Å². The average molecular weight is 294 g/mol. The first-order valence-corrected chi connectivity index (χ1v) is 7.39. The molecule has 3 heteroatoms. The molecule has 0 radical (unpaired) electrons. The first-order chi connectivity index (χ1) is 10.2. The number of benzene rings is 1. The lowest BCUT2D eigenvalue weighted by Gasteiger charge is -2.20. The average Bonchev–Trinajstić information content (AvgIpc) is 2.39. The molecule has 22 heavy (non-hydrogen) atoms. The molecule has 1 heterocycles. The fourth-order valence-electron chi connectivity index (χ4n) is 2.35. The van der Waals surface area contributed by atoms with Gasteiger partial charge in [-0.05, 0) is 55.0 Å². The molecule has 0 aliphatic carbocycles. The van der Waals surface area contributed by atoms with Crippen LogP contribution in [-0.2, 0) is 5.41 Å². The number of aryl methyl sites for hydroxylation is 3. The lowest BCUT2D eigenvalue weighted by atomic mass is 9.86. The second-order valence-corrected chi connectivity index (χ2v) is 6.70. The van der Waals surface area contributed by atoms with E-state index in [2.05, 4.69) is 44.0 Å². The largest absolute Gasteiger partial charge is 0.437 e. The predicted molar refractivity (Wildman–Crippen MR) is 88.4 cm³/mol. The highest BCUT2D eigenvalue weighted by molar-refractivity contribution is 5.48. The van der Waals surface area contributed by atoms with Gasteiger partial charge in [0.05, 0.1) is 0 Å². The number of nitriles is 1. The molecule has 0 aliphatic heterocycles. The number of nitrogens with zero attached hydrogens (tertiary/aromatic N) is 2. The third kappa shape index (κ3) is 3.28. The number of hydrogen-bond acceptors (Lipinski definition) is 3. The first kappa shape index (κ1) is 16.0.